The lowest BCUT2D eigenvalue weighted by atomic mass is 10.2. The van der Waals surface area contributed by atoms with E-state index in [-0.39, 0.29) is 18.6 Å². The zero-order chi connectivity index (χ0) is 11.4. The molecule has 4 nitrogen and oxygen atoms in total. The van der Waals surface area contributed by atoms with Gasteiger partial charge < -0.3 is 14.8 Å². The lowest BCUT2D eigenvalue weighted by molar-refractivity contribution is -0.127. The maximum atomic E-state index is 11.4. The van der Waals surface area contributed by atoms with Crippen LogP contribution in [0.15, 0.2) is 24.3 Å². The number of hydrogen-bond acceptors (Lipinski definition) is 3. The Balaban J connectivity index is 1.78. The number of benzene rings is 1. The third kappa shape index (κ3) is 2.73. The number of ether oxygens (including phenoxy) is 2. The summed E-state index contributed by atoms with van der Waals surface area (Å²) in [5, 5.41) is 2.82. The number of carbonyl (C=O) groups excluding carboxylic acids is 1. The Hall–Kier alpha value is -1.55. The molecule has 0 aliphatic carbocycles. The van der Waals surface area contributed by atoms with Crippen LogP contribution in [0, 0.1) is 6.92 Å². The molecule has 0 radical (unpaired) electrons. The minimum Gasteiger partial charge on any atom is -0.484 e. The summed E-state index contributed by atoms with van der Waals surface area (Å²) in [7, 11) is 0. The predicted octanol–water partition coefficient (Wildman–Crippen LogP) is 0.889. The summed E-state index contributed by atoms with van der Waals surface area (Å²) in [6.07, 6.45) is 0. The van der Waals surface area contributed by atoms with Crippen LogP contribution in [0.25, 0.3) is 0 Å². The van der Waals surface area contributed by atoms with E-state index in [4.69, 9.17) is 9.47 Å². The largest absolute Gasteiger partial charge is 0.484 e. The fraction of sp³-hybridized carbons (Fsp3) is 0.417. The predicted molar refractivity (Wildman–Crippen MR) is 59.4 cm³/mol. The van der Waals surface area contributed by atoms with Crippen LogP contribution < -0.4 is 10.1 Å². The van der Waals surface area contributed by atoms with Crippen LogP contribution in [0.1, 0.15) is 5.56 Å². The summed E-state index contributed by atoms with van der Waals surface area (Å²) in [4.78, 5) is 11.4. The molecule has 0 unspecified atom stereocenters. The highest BCUT2D eigenvalue weighted by molar-refractivity contribution is 5.78. The highest BCUT2D eigenvalue weighted by atomic mass is 16.5. The van der Waals surface area contributed by atoms with E-state index < -0.39 is 0 Å². The van der Waals surface area contributed by atoms with Crippen LogP contribution >= 0.6 is 0 Å². The van der Waals surface area contributed by atoms with Gasteiger partial charge in [0.1, 0.15) is 5.75 Å². The zero-order valence-electron chi connectivity index (χ0n) is 9.23. The molecule has 1 N–H and O–H groups in total. The second kappa shape index (κ2) is 4.99. The van der Waals surface area contributed by atoms with Crippen molar-refractivity contribution in [2.45, 2.75) is 13.0 Å². The number of aryl methyl sites for hydroxylation is 1. The van der Waals surface area contributed by atoms with Gasteiger partial charge in [-0.25, -0.2) is 0 Å². The minimum absolute atomic E-state index is 0.0569. The second-order valence-electron chi connectivity index (χ2n) is 3.86. The van der Waals surface area contributed by atoms with Gasteiger partial charge in [-0.15, -0.1) is 0 Å². The molecule has 1 aliphatic heterocycles. The molecule has 0 saturated carbocycles. The Kier molecular flexibility index (Phi) is 3.41. The highest BCUT2D eigenvalue weighted by Gasteiger charge is 2.20. The lowest BCUT2D eigenvalue weighted by Gasteiger charge is -2.26. The standard InChI is InChI=1S/C12H15NO3/c1-9-4-2-3-5-11(9)16-8-12(14)13-10-6-15-7-10/h2-5,10H,6-8H2,1H3,(H,13,14). The molecule has 1 aromatic rings. The average molecular weight is 221 g/mol. The summed E-state index contributed by atoms with van der Waals surface area (Å²) in [5.41, 5.74) is 1.03. The molecule has 0 atom stereocenters. The van der Waals surface area contributed by atoms with Crippen LogP contribution in [0.3, 0.4) is 0 Å². The third-order valence-corrected chi connectivity index (χ3v) is 2.46. The SMILES string of the molecule is Cc1ccccc1OCC(=O)NC1COC1. The van der Waals surface area contributed by atoms with Crippen molar-refractivity contribution in [2.75, 3.05) is 19.8 Å². The normalized spacial score (nSPS) is 15.3. The average Bonchev–Trinajstić information content (AvgIpc) is 2.22. The van der Waals surface area contributed by atoms with Gasteiger partial charge in [0.25, 0.3) is 5.91 Å². The Morgan fingerprint density at radius 1 is 1.50 bits per heavy atom. The van der Waals surface area contributed by atoms with Gasteiger partial charge in [-0.3, -0.25) is 4.79 Å². The molecular weight excluding hydrogens is 206 g/mol. The van der Waals surface area contributed by atoms with Gasteiger partial charge in [0.05, 0.1) is 19.3 Å². The number of carbonyl (C=O) groups is 1. The monoisotopic (exact) mass is 221 g/mol. The van der Waals surface area contributed by atoms with Gasteiger partial charge in [-0.2, -0.15) is 0 Å². The Morgan fingerprint density at radius 3 is 2.88 bits per heavy atom. The van der Waals surface area contributed by atoms with Crippen LogP contribution in [0.5, 0.6) is 5.75 Å². The first-order valence-electron chi connectivity index (χ1n) is 5.31. The number of nitrogens with one attached hydrogen (secondary N) is 1. The molecule has 1 fully saturated rings. The number of amides is 1. The van der Waals surface area contributed by atoms with E-state index in [0.717, 1.165) is 11.3 Å². The maximum Gasteiger partial charge on any atom is 0.258 e. The number of hydrogen-bond donors (Lipinski definition) is 1. The third-order valence-electron chi connectivity index (χ3n) is 2.46. The molecule has 1 saturated heterocycles. The second-order valence-corrected chi connectivity index (χ2v) is 3.86. The molecule has 1 aromatic carbocycles. The van der Waals surface area contributed by atoms with E-state index in [1.165, 1.54) is 0 Å². The van der Waals surface area contributed by atoms with Crippen molar-refractivity contribution in [3.63, 3.8) is 0 Å². The smallest absolute Gasteiger partial charge is 0.258 e. The molecule has 0 spiro atoms. The Bertz CT molecular complexity index is 374. The van der Waals surface area contributed by atoms with Gasteiger partial charge in [-0.1, -0.05) is 18.2 Å². The van der Waals surface area contributed by atoms with Crippen molar-refractivity contribution in [1.29, 1.82) is 0 Å². The van der Waals surface area contributed by atoms with E-state index in [9.17, 15) is 4.79 Å². The summed E-state index contributed by atoms with van der Waals surface area (Å²) in [6, 6.07) is 7.80. The summed E-state index contributed by atoms with van der Waals surface area (Å²) >= 11 is 0. The van der Waals surface area contributed by atoms with E-state index in [1.54, 1.807) is 0 Å². The van der Waals surface area contributed by atoms with Crippen molar-refractivity contribution in [3.05, 3.63) is 29.8 Å². The Morgan fingerprint density at radius 2 is 2.25 bits per heavy atom. The van der Waals surface area contributed by atoms with Crippen molar-refractivity contribution in [1.82, 2.24) is 5.32 Å². The summed E-state index contributed by atoms with van der Waals surface area (Å²) in [5.74, 6) is 0.652. The van der Waals surface area contributed by atoms with Crippen LogP contribution in [0.2, 0.25) is 0 Å². The minimum atomic E-state index is -0.100. The van der Waals surface area contributed by atoms with Gasteiger partial charge >= 0.3 is 0 Å². The van der Waals surface area contributed by atoms with Crippen molar-refractivity contribution in [2.24, 2.45) is 0 Å². The summed E-state index contributed by atoms with van der Waals surface area (Å²) in [6.45, 7) is 3.22. The molecule has 1 heterocycles. The van der Waals surface area contributed by atoms with Gasteiger partial charge in [0.2, 0.25) is 0 Å². The molecule has 1 amide bonds. The van der Waals surface area contributed by atoms with Crippen molar-refractivity contribution < 1.29 is 14.3 Å². The van der Waals surface area contributed by atoms with Crippen molar-refractivity contribution in [3.8, 4) is 5.75 Å². The maximum absolute atomic E-state index is 11.4. The van der Waals surface area contributed by atoms with Gasteiger partial charge in [0, 0.05) is 0 Å². The van der Waals surface area contributed by atoms with E-state index in [0.29, 0.717) is 13.2 Å². The first-order valence-corrected chi connectivity index (χ1v) is 5.31. The van der Waals surface area contributed by atoms with Crippen LogP contribution in [-0.4, -0.2) is 31.8 Å². The van der Waals surface area contributed by atoms with E-state index in [2.05, 4.69) is 5.32 Å². The molecule has 16 heavy (non-hydrogen) atoms. The van der Waals surface area contributed by atoms with Gasteiger partial charge in [0.15, 0.2) is 6.61 Å². The molecule has 1 aliphatic rings. The van der Waals surface area contributed by atoms with Gasteiger partial charge in [-0.05, 0) is 18.6 Å². The first kappa shape index (κ1) is 11.0. The fourth-order valence-electron chi connectivity index (χ4n) is 1.45. The number of rotatable bonds is 4. The molecular formula is C12H15NO3. The van der Waals surface area contributed by atoms with Crippen LogP contribution in [0.4, 0.5) is 0 Å². The molecule has 0 aromatic heterocycles. The van der Waals surface area contributed by atoms with E-state index >= 15 is 0 Å². The zero-order valence-corrected chi connectivity index (χ0v) is 9.23. The fourth-order valence-corrected chi connectivity index (χ4v) is 1.45. The number of para-hydroxylation sites is 1. The highest BCUT2D eigenvalue weighted by Crippen LogP contribution is 2.15. The Labute approximate surface area is 94.6 Å². The molecule has 0 bridgehead atoms. The molecule has 86 valence electrons. The summed E-state index contributed by atoms with van der Waals surface area (Å²) < 4.78 is 10.4. The topological polar surface area (TPSA) is 47.6 Å². The van der Waals surface area contributed by atoms with E-state index in [1.807, 2.05) is 31.2 Å². The van der Waals surface area contributed by atoms with Crippen molar-refractivity contribution >= 4 is 5.91 Å². The molecule has 4 heteroatoms. The van der Waals surface area contributed by atoms with Crippen LogP contribution in [-0.2, 0) is 9.53 Å². The quantitative estimate of drug-likeness (QED) is 0.821. The lowest BCUT2D eigenvalue weighted by Crippen LogP contribution is -2.49. The molecule has 2 rings (SSSR count). The first-order chi connectivity index (χ1) is 7.75.